The van der Waals surface area contributed by atoms with Crippen molar-refractivity contribution in [2.75, 3.05) is 0 Å². The molecule has 7 aromatic carbocycles. The van der Waals surface area contributed by atoms with Crippen LogP contribution in [0.15, 0.2) is 138 Å². The van der Waals surface area contributed by atoms with Crippen molar-refractivity contribution in [3.8, 4) is 33.4 Å². The number of hydrogen-bond donors (Lipinski definition) is 0. The van der Waals surface area contributed by atoms with E-state index in [1.54, 1.807) is 0 Å². The average molecular weight is 549 g/mol. The summed E-state index contributed by atoms with van der Waals surface area (Å²) in [6.07, 6.45) is 7.00. The van der Waals surface area contributed by atoms with Gasteiger partial charge in [0.2, 0.25) is 0 Å². The van der Waals surface area contributed by atoms with Crippen molar-refractivity contribution in [2.45, 2.75) is 12.8 Å². The molecule has 1 aliphatic carbocycles. The van der Waals surface area contributed by atoms with E-state index in [1.807, 2.05) is 6.07 Å². The molecule has 1 aromatic heterocycles. The molecule has 1 aliphatic rings. The lowest BCUT2D eigenvalue weighted by atomic mass is 9.84. The number of furan rings is 1. The Morgan fingerprint density at radius 3 is 1.84 bits per heavy atom. The monoisotopic (exact) mass is 548 g/mol. The van der Waals surface area contributed by atoms with Crippen LogP contribution in [0.2, 0.25) is 0 Å². The van der Waals surface area contributed by atoms with Crippen molar-refractivity contribution in [1.29, 1.82) is 0 Å². The Balaban J connectivity index is 1.35. The SMILES string of the molecule is C1=c2c(-c3ccc4oc5ccccc5c4c3)c3ccccc3c(-c3ccccc3-c3ccc4ccccc4c3)c2=CCC1. The molecular weight excluding hydrogens is 520 g/mol. The van der Waals surface area contributed by atoms with Crippen molar-refractivity contribution < 1.29 is 4.42 Å². The van der Waals surface area contributed by atoms with Gasteiger partial charge in [-0.05, 0) is 102 Å². The Kier molecular flexibility index (Phi) is 5.39. The molecule has 9 rings (SSSR count). The summed E-state index contributed by atoms with van der Waals surface area (Å²) < 4.78 is 6.19. The molecular formula is C42H28O. The molecule has 8 aromatic rings. The van der Waals surface area contributed by atoms with E-state index in [0.29, 0.717) is 0 Å². The molecule has 1 heteroatoms. The van der Waals surface area contributed by atoms with E-state index in [4.69, 9.17) is 4.42 Å². The molecule has 0 radical (unpaired) electrons. The van der Waals surface area contributed by atoms with Crippen molar-refractivity contribution in [2.24, 2.45) is 0 Å². The Bertz CT molecular complexity index is 2510. The molecule has 1 nitrogen and oxygen atoms in total. The van der Waals surface area contributed by atoms with Gasteiger partial charge >= 0.3 is 0 Å². The van der Waals surface area contributed by atoms with Crippen LogP contribution in [-0.4, -0.2) is 0 Å². The second-order valence-electron chi connectivity index (χ2n) is 11.5. The van der Waals surface area contributed by atoms with Crippen molar-refractivity contribution in [3.05, 3.63) is 144 Å². The number of rotatable bonds is 3. The molecule has 0 bridgehead atoms. The lowest BCUT2D eigenvalue weighted by Crippen LogP contribution is -2.31. The number of benzene rings is 7. The topological polar surface area (TPSA) is 13.1 Å². The van der Waals surface area contributed by atoms with E-state index in [-0.39, 0.29) is 0 Å². The van der Waals surface area contributed by atoms with Gasteiger partial charge in [0.1, 0.15) is 11.2 Å². The highest BCUT2D eigenvalue weighted by Gasteiger charge is 2.19. The van der Waals surface area contributed by atoms with Crippen molar-refractivity contribution >= 4 is 55.6 Å². The molecule has 0 saturated carbocycles. The van der Waals surface area contributed by atoms with Gasteiger partial charge in [0.05, 0.1) is 0 Å². The Morgan fingerprint density at radius 1 is 0.395 bits per heavy atom. The largest absolute Gasteiger partial charge is 0.456 e. The van der Waals surface area contributed by atoms with E-state index < -0.39 is 0 Å². The molecule has 0 saturated heterocycles. The van der Waals surface area contributed by atoms with E-state index in [1.165, 1.54) is 65.4 Å². The maximum atomic E-state index is 6.19. The molecule has 43 heavy (non-hydrogen) atoms. The second-order valence-corrected chi connectivity index (χ2v) is 11.5. The van der Waals surface area contributed by atoms with Crippen LogP contribution >= 0.6 is 0 Å². The molecule has 1 heterocycles. The number of hydrogen-bond acceptors (Lipinski definition) is 1. The van der Waals surface area contributed by atoms with Crippen LogP contribution in [0.1, 0.15) is 12.8 Å². The smallest absolute Gasteiger partial charge is 0.135 e. The highest BCUT2D eigenvalue weighted by atomic mass is 16.3. The Morgan fingerprint density at radius 2 is 1.00 bits per heavy atom. The highest BCUT2D eigenvalue weighted by Crippen LogP contribution is 2.39. The molecule has 0 aliphatic heterocycles. The van der Waals surface area contributed by atoms with Gasteiger partial charge in [-0.1, -0.05) is 121 Å². The van der Waals surface area contributed by atoms with Crippen LogP contribution in [0.3, 0.4) is 0 Å². The average Bonchev–Trinajstić information content (AvgIpc) is 3.45. The fraction of sp³-hybridized carbons (Fsp3) is 0.0476. The highest BCUT2D eigenvalue weighted by molar-refractivity contribution is 6.11. The summed E-state index contributed by atoms with van der Waals surface area (Å²) in [7, 11) is 0. The summed E-state index contributed by atoms with van der Waals surface area (Å²) in [4.78, 5) is 0. The summed E-state index contributed by atoms with van der Waals surface area (Å²) in [6, 6.07) is 48.4. The van der Waals surface area contributed by atoms with Crippen molar-refractivity contribution in [1.82, 2.24) is 0 Å². The predicted molar refractivity (Wildman–Crippen MR) is 182 cm³/mol. The summed E-state index contributed by atoms with van der Waals surface area (Å²) >= 11 is 0. The standard InChI is InChI=1S/C42H28O/c1-2-12-28-25-29(22-21-27(28)11-1)31-13-3-4-15-33(31)42-36-18-7-5-16-34(36)41(35-17-6-8-19-37(35)42)30-23-24-40-38(26-30)32-14-9-10-20-39(32)43-40/h1-5,7,9-26H,6,8H2. The van der Waals surface area contributed by atoms with Crippen LogP contribution in [0, 0.1) is 0 Å². The minimum Gasteiger partial charge on any atom is -0.456 e. The van der Waals surface area contributed by atoms with Gasteiger partial charge < -0.3 is 4.42 Å². The van der Waals surface area contributed by atoms with Gasteiger partial charge in [-0.3, -0.25) is 0 Å². The molecule has 0 spiro atoms. The second kappa shape index (κ2) is 9.58. The molecule has 0 fully saturated rings. The van der Waals surface area contributed by atoms with Crippen LogP contribution in [-0.2, 0) is 0 Å². The van der Waals surface area contributed by atoms with Gasteiger partial charge in [0.25, 0.3) is 0 Å². The predicted octanol–water partition coefficient (Wildman–Crippen LogP) is 10.2. The molecule has 0 unspecified atom stereocenters. The molecule has 0 N–H and O–H groups in total. The van der Waals surface area contributed by atoms with Crippen LogP contribution in [0.5, 0.6) is 0 Å². The van der Waals surface area contributed by atoms with Crippen LogP contribution in [0.25, 0.3) is 89.0 Å². The van der Waals surface area contributed by atoms with Gasteiger partial charge in [-0.2, -0.15) is 0 Å². The van der Waals surface area contributed by atoms with Gasteiger partial charge in [-0.25, -0.2) is 0 Å². The maximum Gasteiger partial charge on any atom is 0.135 e. The maximum absolute atomic E-state index is 6.19. The zero-order chi connectivity index (χ0) is 28.3. The zero-order valence-electron chi connectivity index (χ0n) is 23.7. The van der Waals surface area contributed by atoms with E-state index in [0.717, 1.165) is 34.8 Å². The lowest BCUT2D eigenvalue weighted by molar-refractivity contribution is 0.669. The Hall–Kier alpha value is -5.40. The molecule has 0 amide bonds. The normalized spacial score (nSPS) is 12.8. The first-order chi connectivity index (χ1) is 21.3. The number of fused-ring (bicyclic) bond motifs is 6. The van der Waals surface area contributed by atoms with E-state index in [2.05, 4.69) is 140 Å². The van der Waals surface area contributed by atoms with Crippen molar-refractivity contribution in [3.63, 3.8) is 0 Å². The van der Waals surface area contributed by atoms with Crippen LogP contribution in [0.4, 0.5) is 0 Å². The van der Waals surface area contributed by atoms with Crippen LogP contribution < -0.4 is 10.4 Å². The minimum atomic E-state index is 0.930. The van der Waals surface area contributed by atoms with E-state index in [9.17, 15) is 0 Å². The first kappa shape index (κ1) is 24.2. The fourth-order valence-electron chi connectivity index (χ4n) is 7.15. The van der Waals surface area contributed by atoms with Gasteiger partial charge in [-0.15, -0.1) is 0 Å². The first-order valence-electron chi connectivity index (χ1n) is 15.1. The third-order valence-electron chi connectivity index (χ3n) is 9.08. The third-order valence-corrected chi connectivity index (χ3v) is 9.08. The molecule has 202 valence electrons. The lowest BCUT2D eigenvalue weighted by Gasteiger charge is -2.19. The Labute approximate surface area is 249 Å². The summed E-state index contributed by atoms with van der Waals surface area (Å²) in [5, 5.41) is 10.1. The fourth-order valence-corrected chi connectivity index (χ4v) is 7.15. The minimum absolute atomic E-state index is 0.930. The number of para-hydroxylation sites is 1. The first-order valence-corrected chi connectivity index (χ1v) is 15.1. The van der Waals surface area contributed by atoms with E-state index >= 15 is 0 Å². The quantitative estimate of drug-likeness (QED) is 0.214. The van der Waals surface area contributed by atoms with Gasteiger partial charge in [0, 0.05) is 10.8 Å². The summed E-state index contributed by atoms with van der Waals surface area (Å²) in [6.45, 7) is 0. The zero-order valence-corrected chi connectivity index (χ0v) is 23.7. The summed E-state index contributed by atoms with van der Waals surface area (Å²) in [5.74, 6) is 0. The van der Waals surface area contributed by atoms with Gasteiger partial charge in [0.15, 0.2) is 0 Å². The summed E-state index contributed by atoms with van der Waals surface area (Å²) in [5.41, 5.74) is 9.50. The molecule has 0 atom stereocenters. The third kappa shape index (κ3) is 3.78.